The maximum Gasteiger partial charge on any atom is 0.320 e. The van der Waals surface area contributed by atoms with Gasteiger partial charge in [-0.2, -0.15) is 0 Å². The number of nitrogens with zero attached hydrogens (tertiary/aromatic N) is 4. The highest BCUT2D eigenvalue weighted by Crippen LogP contribution is 2.41. The minimum Gasteiger partial charge on any atom is -0.481 e. The number of amides is 1. The van der Waals surface area contributed by atoms with E-state index in [2.05, 4.69) is 30.7 Å². The van der Waals surface area contributed by atoms with Gasteiger partial charge >= 0.3 is 23.8 Å². The molecule has 0 aliphatic carbocycles. The van der Waals surface area contributed by atoms with Crippen molar-refractivity contribution in [3.8, 4) is 0 Å². The van der Waals surface area contributed by atoms with Crippen molar-refractivity contribution in [1.82, 2.24) is 15.2 Å². The predicted octanol–water partition coefficient (Wildman–Crippen LogP) is 3.57. The van der Waals surface area contributed by atoms with Gasteiger partial charge < -0.3 is 25.1 Å². The van der Waals surface area contributed by atoms with Gasteiger partial charge in [-0.05, 0) is 49.9 Å². The first kappa shape index (κ1) is 21.7. The Balaban J connectivity index is 1.24. The average Bonchev–Trinajstić information content (AvgIpc) is 3.39. The summed E-state index contributed by atoms with van der Waals surface area (Å²) in [6, 6.07) is 6.57. The summed E-state index contributed by atoms with van der Waals surface area (Å²) in [6.45, 7) is 0. The molecule has 2 aliphatic heterocycles. The number of benzene rings is 1. The van der Waals surface area contributed by atoms with Gasteiger partial charge in [0.15, 0.2) is 11.6 Å². The topological polar surface area (TPSA) is 133 Å². The molecule has 3 unspecified atom stereocenters. The number of carboxylic acid groups (broad SMARTS) is 1. The van der Waals surface area contributed by atoms with Crippen molar-refractivity contribution in [3.05, 3.63) is 54.1 Å². The van der Waals surface area contributed by atoms with E-state index in [9.17, 15) is 23.5 Å². The van der Waals surface area contributed by atoms with E-state index in [4.69, 9.17) is 4.42 Å². The summed E-state index contributed by atoms with van der Waals surface area (Å²) in [5.41, 5.74) is 0.562. The summed E-state index contributed by atoms with van der Waals surface area (Å²) in [6.07, 6.45) is 4.72. The zero-order chi connectivity index (χ0) is 23.8. The van der Waals surface area contributed by atoms with E-state index in [-0.39, 0.29) is 29.7 Å². The molecule has 1 amide bonds. The second-order valence-corrected chi connectivity index (χ2v) is 8.25. The number of hydrogen-bond acceptors (Lipinski definition) is 8. The quantitative estimate of drug-likeness (QED) is 0.494. The van der Waals surface area contributed by atoms with Crippen LogP contribution in [0.1, 0.15) is 36.4 Å². The number of nitrogens with one attached hydrogen (secondary N) is 2. The van der Waals surface area contributed by atoms with E-state index in [0.29, 0.717) is 17.9 Å². The van der Waals surface area contributed by atoms with Gasteiger partial charge in [0, 0.05) is 23.8 Å². The molecule has 0 spiro atoms. The summed E-state index contributed by atoms with van der Waals surface area (Å²) >= 11 is 0. The summed E-state index contributed by atoms with van der Waals surface area (Å²) in [7, 11) is 0. The molecule has 10 nitrogen and oxygen atoms in total. The number of pyridine rings is 1. The van der Waals surface area contributed by atoms with E-state index >= 15 is 0 Å². The molecule has 3 atom stereocenters. The van der Waals surface area contributed by atoms with Gasteiger partial charge in [0.2, 0.25) is 0 Å². The van der Waals surface area contributed by atoms with Crippen molar-refractivity contribution in [2.45, 2.75) is 37.8 Å². The van der Waals surface area contributed by atoms with E-state index in [1.807, 2.05) is 0 Å². The Hall–Kier alpha value is -4.09. The van der Waals surface area contributed by atoms with Crippen molar-refractivity contribution in [2.24, 2.45) is 5.92 Å². The molecule has 34 heavy (non-hydrogen) atoms. The molecule has 2 bridgehead atoms. The Morgan fingerprint density at radius 1 is 1.03 bits per heavy atom. The van der Waals surface area contributed by atoms with Gasteiger partial charge in [-0.3, -0.25) is 9.59 Å². The van der Waals surface area contributed by atoms with E-state index in [1.54, 1.807) is 12.1 Å². The molecule has 4 heterocycles. The molecule has 3 N–H and O–H groups in total. The van der Waals surface area contributed by atoms with Crippen molar-refractivity contribution in [2.75, 3.05) is 15.5 Å². The number of aromatic nitrogens is 3. The third kappa shape index (κ3) is 4.14. The predicted molar refractivity (Wildman–Crippen MR) is 116 cm³/mol. The minimum absolute atomic E-state index is 0.0805. The molecular weight excluding hydrogens is 450 g/mol. The maximum absolute atomic E-state index is 13.3. The number of halogens is 2. The highest BCUT2D eigenvalue weighted by atomic mass is 19.2. The Kier molecular flexibility index (Phi) is 5.56. The summed E-state index contributed by atoms with van der Waals surface area (Å²) in [4.78, 5) is 30.6. The Morgan fingerprint density at radius 3 is 2.56 bits per heavy atom. The third-order valence-corrected chi connectivity index (χ3v) is 6.20. The number of anilines is 4. The molecule has 0 radical (unpaired) electrons. The van der Waals surface area contributed by atoms with Gasteiger partial charge in [0.05, 0.1) is 17.8 Å². The maximum atomic E-state index is 13.3. The lowest BCUT2D eigenvalue weighted by atomic mass is 9.90. The zero-order valence-corrected chi connectivity index (χ0v) is 17.7. The average molecular weight is 470 g/mol. The second kappa shape index (κ2) is 8.69. The van der Waals surface area contributed by atoms with Crippen molar-refractivity contribution < 1.29 is 27.9 Å². The first-order chi connectivity index (χ1) is 16.4. The van der Waals surface area contributed by atoms with Gasteiger partial charge in [-0.25, -0.2) is 13.8 Å². The molecule has 5 rings (SSSR count). The van der Waals surface area contributed by atoms with Crippen LogP contribution in [0.2, 0.25) is 0 Å². The highest BCUT2D eigenvalue weighted by molar-refractivity contribution is 6.00. The van der Waals surface area contributed by atoms with Crippen LogP contribution in [0.15, 0.2) is 40.9 Å². The molecule has 176 valence electrons. The number of aliphatic carboxylic acids is 1. The number of carbonyl (C=O) groups excluding carboxylic acids is 1. The molecule has 3 aromatic rings. The summed E-state index contributed by atoms with van der Waals surface area (Å²) < 4.78 is 31.6. The standard InChI is InChI=1S/C22H20F2N6O4/c23-15-6-1-11(9-16(15)24)27-22-29-28-20(34-22)19(31)26-12-2-8-18(25-10-12)30-13-3-5-14(21(32)33)17(30)7-4-13/h1-2,6,8-10,13-14,17H,3-5,7H2,(H,26,31)(H,27,29)(H,32,33). The van der Waals surface area contributed by atoms with Crippen LogP contribution in [0.5, 0.6) is 0 Å². The second-order valence-electron chi connectivity index (χ2n) is 8.25. The van der Waals surface area contributed by atoms with Gasteiger partial charge in [0.25, 0.3) is 0 Å². The Morgan fingerprint density at radius 2 is 1.82 bits per heavy atom. The van der Waals surface area contributed by atoms with Crippen molar-refractivity contribution >= 4 is 35.1 Å². The monoisotopic (exact) mass is 470 g/mol. The van der Waals surface area contributed by atoms with E-state index < -0.39 is 29.4 Å². The number of carboxylic acids is 1. The van der Waals surface area contributed by atoms with E-state index in [0.717, 1.165) is 31.4 Å². The van der Waals surface area contributed by atoms with Gasteiger partial charge in [-0.15, -0.1) is 5.10 Å². The SMILES string of the molecule is O=C(Nc1ccc(N2C3CCC(C(=O)O)C2CC3)nc1)c1nnc(Nc2ccc(F)c(F)c2)o1. The van der Waals surface area contributed by atoms with E-state index in [1.165, 1.54) is 12.3 Å². The van der Waals surface area contributed by atoms with Crippen molar-refractivity contribution in [1.29, 1.82) is 0 Å². The molecule has 0 saturated carbocycles. The number of rotatable bonds is 6. The molecule has 2 aromatic heterocycles. The largest absolute Gasteiger partial charge is 0.481 e. The smallest absolute Gasteiger partial charge is 0.320 e. The fraction of sp³-hybridized carbons (Fsp3) is 0.318. The summed E-state index contributed by atoms with van der Waals surface area (Å²) in [5.74, 6) is -3.58. The molecule has 2 saturated heterocycles. The van der Waals surface area contributed by atoms with Crippen LogP contribution in [-0.2, 0) is 4.79 Å². The molecule has 2 fully saturated rings. The Labute approximate surface area is 192 Å². The fourth-order valence-electron chi connectivity index (χ4n) is 4.66. The lowest BCUT2D eigenvalue weighted by Crippen LogP contribution is -2.47. The van der Waals surface area contributed by atoms with Crippen LogP contribution in [0.4, 0.5) is 32.0 Å². The van der Waals surface area contributed by atoms with Crippen molar-refractivity contribution in [3.63, 3.8) is 0 Å². The first-order valence-corrected chi connectivity index (χ1v) is 10.7. The molecular formula is C22H20F2N6O4. The molecule has 12 heteroatoms. The normalized spacial score (nSPS) is 21.4. The van der Waals surface area contributed by atoms with Crippen LogP contribution in [0.3, 0.4) is 0 Å². The Bertz CT molecular complexity index is 1230. The summed E-state index contributed by atoms with van der Waals surface area (Å²) in [5, 5.41) is 22.0. The van der Waals surface area contributed by atoms with Crippen LogP contribution in [0, 0.1) is 17.6 Å². The number of piperidine rings is 1. The van der Waals surface area contributed by atoms with Crippen LogP contribution in [0.25, 0.3) is 0 Å². The third-order valence-electron chi connectivity index (χ3n) is 6.20. The van der Waals surface area contributed by atoms with Gasteiger partial charge in [0.1, 0.15) is 5.82 Å². The van der Waals surface area contributed by atoms with Crippen LogP contribution in [-0.4, -0.2) is 44.2 Å². The number of hydrogen-bond donors (Lipinski definition) is 3. The minimum atomic E-state index is -1.05. The molecule has 1 aromatic carbocycles. The lowest BCUT2D eigenvalue weighted by Gasteiger charge is -2.39. The fourth-order valence-corrected chi connectivity index (χ4v) is 4.66. The van der Waals surface area contributed by atoms with Gasteiger partial charge in [-0.1, -0.05) is 5.10 Å². The van der Waals surface area contributed by atoms with Crippen LogP contribution < -0.4 is 15.5 Å². The highest BCUT2D eigenvalue weighted by Gasteiger charge is 2.45. The number of carbonyl (C=O) groups is 2. The first-order valence-electron chi connectivity index (χ1n) is 10.7. The number of fused-ring (bicyclic) bond motifs is 2. The zero-order valence-electron chi connectivity index (χ0n) is 17.7. The van der Waals surface area contributed by atoms with Crippen LogP contribution >= 0.6 is 0 Å². The molecule has 2 aliphatic rings. The lowest BCUT2D eigenvalue weighted by molar-refractivity contribution is -0.143.